The molecule has 0 unspecified atom stereocenters. The Hall–Kier alpha value is -2.00. The Bertz CT molecular complexity index is 508. The van der Waals surface area contributed by atoms with Crippen molar-refractivity contribution in [2.24, 2.45) is 0 Å². The Labute approximate surface area is 114 Å². The smallest absolute Gasteiger partial charge is 0.127 e. The second-order valence-electron chi connectivity index (χ2n) is 4.21. The third-order valence-corrected chi connectivity index (χ3v) is 2.77. The number of benzene rings is 2. The van der Waals surface area contributed by atoms with E-state index in [-0.39, 0.29) is 0 Å². The van der Waals surface area contributed by atoms with Crippen molar-refractivity contribution in [1.29, 1.82) is 0 Å². The lowest BCUT2D eigenvalue weighted by Crippen LogP contribution is -2.11. The third-order valence-electron chi connectivity index (χ3n) is 2.77. The van der Waals surface area contributed by atoms with Gasteiger partial charge in [0.25, 0.3) is 0 Å². The normalized spacial score (nSPS) is 10.2. The third kappa shape index (κ3) is 4.00. The van der Waals surface area contributed by atoms with Gasteiger partial charge in [-0.3, -0.25) is 0 Å². The molecule has 0 amide bonds. The number of hydrogen-bond acceptors (Lipinski definition) is 3. The van der Waals surface area contributed by atoms with Crippen molar-refractivity contribution >= 4 is 0 Å². The minimum absolute atomic E-state index is 0.807. The topological polar surface area (TPSA) is 30.5 Å². The van der Waals surface area contributed by atoms with Crippen LogP contribution in [-0.4, -0.2) is 13.7 Å². The molecular formula is C16H19NO2. The summed E-state index contributed by atoms with van der Waals surface area (Å²) in [5.74, 6) is 2.48. The maximum atomic E-state index is 5.82. The van der Waals surface area contributed by atoms with Gasteiger partial charge in [0, 0.05) is 6.54 Å². The quantitative estimate of drug-likeness (QED) is 0.857. The van der Waals surface area contributed by atoms with Crippen LogP contribution < -0.4 is 14.8 Å². The molecule has 0 atom stereocenters. The Morgan fingerprint density at radius 1 is 0.947 bits per heavy atom. The van der Waals surface area contributed by atoms with Crippen LogP contribution in [0.1, 0.15) is 12.5 Å². The van der Waals surface area contributed by atoms with Gasteiger partial charge in [0.05, 0.1) is 7.11 Å². The zero-order chi connectivity index (χ0) is 13.5. The minimum Gasteiger partial charge on any atom is -0.497 e. The van der Waals surface area contributed by atoms with Crippen molar-refractivity contribution in [3.63, 3.8) is 0 Å². The molecule has 19 heavy (non-hydrogen) atoms. The molecule has 1 N–H and O–H groups in total. The van der Waals surface area contributed by atoms with Crippen LogP contribution in [0.4, 0.5) is 0 Å². The molecule has 0 fully saturated rings. The summed E-state index contributed by atoms with van der Waals surface area (Å²) in [4.78, 5) is 0. The number of nitrogens with one attached hydrogen (secondary N) is 1. The fourth-order valence-corrected chi connectivity index (χ4v) is 1.77. The van der Waals surface area contributed by atoms with Crippen molar-refractivity contribution in [2.45, 2.75) is 13.5 Å². The summed E-state index contributed by atoms with van der Waals surface area (Å²) in [5, 5.41) is 3.30. The van der Waals surface area contributed by atoms with Crippen molar-refractivity contribution < 1.29 is 9.47 Å². The van der Waals surface area contributed by atoms with Gasteiger partial charge in [0.2, 0.25) is 0 Å². The first-order valence-corrected chi connectivity index (χ1v) is 6.43. The molecule has 0 bridgehead atoms. The van der Waals surface area contributed by atoms with Crippen molar-refractivity contribution in [1.82, 2.24) is 5.32 Å². The van der Waals surface area contributed by atoms with Gasteiger partial charge in [-0.2, -0.15) is 0 Å². The molecule has 3 heteroatoms. The van der Waals surface area contributed by atoms with E-state index in [1.54, 1.807) is 7.11 Å². The Kier molecular flexibility index (Phi) is 4.81. The molecule has 2 aromatic carbocycles. The average Bonchev–Trinajstić information content (AvgIpc) is 2.46. The molecule has 0 saturated carbocycles. The lowest BCUT2D eigenvalue weighted by Gasteiger charge is -2.08. The Morgan fingerprint density at radius 3 is 2.37 bits per heavy atom. The molecule has 2 rings (SSSR count). The number of hydrogen-bond donors (Lipinski definition) is 1. The van der Waals surface area contributed by atoms with Crippen LogP contribution in [0.25, 0.3) is 0 Å². The Morgan fingerprint density at radius 2 is 1.68 bits per heavy atom. The summed E-state index contributed by atoms with van der Waals surface area (Å²) in [6, 6.07) is 15.7. The lowest BCUT2D eigenvalue weighted by atomic mass is 10.2. The van der Waals surface area contributed by atoms with E-state index in [1.165, 1.54) is 5.56 Å². The van der Waals surface area contributed by atoms with Gasteiger partial charge in [0.15, 0.2) is 0 Å². The highest BCUT2D eigenvalue weighted by atomic mass is 16.5. The summed E-state index contributed by atoms with van der Waals surface area (Å²) in [5.41, 5.74) is 1.22. The average molecular weight is 257 g/mol. The summed E-state index contributed by atoms with van der Waals surface area (Å²) >= 11 is 0. The van der Waals surface area contributed by atoms with Gasteiger partial charge in [-0.15, -0.1) is 0 Å². The Balaban J connectivity index is 2.05. The van der Waals surface area contributed by atoms with Gasteiger partial charge in [-0.25, -0.2) is 0 Å². The SMILES string of the molecule is CCNCc1cccc(Oc2ccc(OC)cc2)c1. The van der Waals surface area contributed by atoms with E-state index in [0.29, 0.717) is 0 Å². The van der Waals surface area contributed by atoms with Crippen LogP contribution in [0.2, 0.25) is 0 Å². The highest BCUT2D eigenvalue weighted by Crippen LogP contribution is 2.24. The molecule has 0 aromatic heterocycles. The van der Waals surface area contributed by atoms with Gasteiger partial charge >= 0.3 is 0 Å². The predicted octanol–water partition coefficient (Wildman–Crippen LogP) is 3.60. The summed E-state index contributed by atoms with van der Waals surface area (Å²) in [6.07, 6.45) is 0. The summed E-state index contributed by atoms with van der Waals surface area (Å²) < 4.78 is 10.9. The molecule has 0 radical (unpaired) electrons. The predicted molar refractivity (Wildman–Crippen MR) is 76.9 cm³/mol. The van der Waals surface area contributed by atoms with Crippen molar-refractivity contribution in [3.05, 3.63) is 54.1 Å². The molecule has 100 valence electrons. The molecule has 0 aliphatic carbocycles. The van der Waals surface area contributed by atoms with E-state index in [2.05, 4.69) is 18.3 Å². The molecule has 0 aliphatic rings. The van der Waals surface area contributed by atoms with Gasteiger partial charge in [-0.1, -0.05) is 19.1 Å². The maximum Gasteiger partial charge on any atom is 0.127 e. The number of methoxy groups -OCH3 is 1. The van der Waals surface area contributed by atoms with Crippen LogP contribution in [-0.2, 0) is 6.54 Å². The zero-order valence-electron chi connectivity index (χ0n) is 11.3. The van der Waals surface area contributed by atoms with E-state index in [1.807, 2.05) is 42.5 Å². The molecule has 0 spiro atoms. The summed E-state index contributed by atoms with van der Waals surface area (Å²) in [6.45, 7) is 3.91. The second kappa shape index (κ2) is 6.81. The molecule has 0 aliphatic heterocycles. The van der Waals surface area contributed by atoms with Gasteiger partial charge < -0.3 is 14.8 Å². The fourth-order valence-electron chi connectivity index (χ4n) is 1.77. The zero-order valence-corrected chi connectivity index (χ0v) is 11.3. The standard InChI is InChI=1S/C16H19NO2/c1-3-17-12-13-5-4-6-16(11-13)19-15-9-7-14(18-2)8-10-15/h4-11,17H,3,12H2,1-2H3. The van der Waals surface area contributed by atoms with E-state index in [4.69, 9.17) is 9.47 Å². The van der Waals surface area contributed by atoms with Crippen LogP contribution in [0.15, 0.2) is 48.5 Å². The van der Waals surface area contributed by atoms with Crippen LogP contribution in [0.5, 0.6) is 17.2 Å². The van der Waals surface area contributed by atoms with Gasteiger partial charge in [-0.05, 0) is 48.5 Å². The van der Waals surface area contributed by atoms with Gasteiger partial charge in [0.1, 0.15) is 17.2 Å². The lowest BCUT2D eigenvalue weighted by molar-refractivity contribution is 0.413. The summed E-state index contributed by atoms with van der Waals surface area (Å²) in [7, 11) is 1.65. The first kappa shape index (κ1) is 13.4. The fraction of sp³-hybridized carbons (Fsp3) is 0.250. The first-order valence-electron chi connectivity index (χ1n) is 6.43. The minimum atomic E-state index is 0.807. The molecule has 2 aromatic rings. The molecular weight excluding hydrogens is 238 g/mol. The van der Waals surface area contributed by atoms with E-state index in [0.717, 1.165) is 30.3 Å². The second-order valence-corrected chi connectivity index (χ2v) is 4.21. The monoisotopic (exact) mass is 257 g/mol. The van der Waals surface area contributed by atoms with Crippen molar-refractivity contribution in [2.75, 3.05) is 13.7 Å². The van der Waals surface area contributed by atoms with Crippen LogP contribution in [0.3, 0.4) is 0 Å². The number of ether oxygens (including phenoxy) is 2. The molecule has 0 saturated heterocycles. The largest absolute Gasteiger partial charge is 0.497 e. The highest BCUT2D eigenvalue weighted by molar-refractivity contribution is 5.36. The molecule has 3 nitrogen and oxygen atoms in total. The van der Waals surface area contributed by atoms with E-state index in [9.17, 15) is 0 Å². The number of rotatable bonds is 6. The maximum absolute atomic E-state index is 5.82. The van der Waals surface area contributed by atoms with Crippen LogP contribution in [0, 0.1) is 0 Å². The first-order chi connectivity index (χ1) is 9.31. The van der Waals surface area contributed by atoms with E-state index >= 15 is 0 Å². The van der Waals surface area contributed by atoms with E-state index < -0.39 is 0 Å². The van der Waals surface area contributed by atoms with Crippen LogP contribution >= 0.6 is 0 Å². The molecule has 0 heterocycles. The highest BCUT2D eigenvalue weighted by Gasteiger charge is 1.99. The van der Waals surface area contributed by atoms with Crippen molar-refractivity contribution in [3.8, 4) is 17.2 Å².